The highest BCUT2D eigenvalue weighted by Crippen LogP contribution is 2.33. The number of morpholine rings is 1. The molecule has 2 saturated heterocycles. The summed E-state index contributed by atoms with van der Waals surface area (Å²) in [6, 6.07) is 0.654. The van der Waals surface area contributed by atoms with Crippen molar-refractivity contribution in [3.8, 4) is 0 Å². The molecule has 1 saturated carbocycles. The highest BCUT2D eigenvalue weighted by molar-refractivity contribution is 14.0. The molecule has 0 amide bonds. The number of halogens is 1. The smallest absolute Gasteiger partial charge is 0.193 e. The Bertz CT molecular complexity index is 433. The minimum Gasteiger partial charge on any atom is -0.379 e. The number of guanidine groups is 1. The zero-order valence-electron chi connectivity index (χ0n) is 16.2. The molecule has 3 fully saturated rings. The van der Waals surface area contributed by atoms with Crippen LogP contribution in [0.5, 0.6) is 0 Å². The van der Waals surface area contributed by atoms with E-state index in [0.29, 0.717) is 11.6 Å². The van der Waals surface area contributed by atoms with Crippen LogP contribution in [-0.2, 0) is 4.74 Å². The van der Waals surface area contributed by atoms with Crippen molar-refractivity contribution in [1.82, 2.24) is 20.0 Å². The molecule has 1 N–H and O–H groups in total. The first kappa shape index (κ1) is 21.2. The number of nitrogens with zero attached hydrogens (tertiary/aromatic N) is 4. The molecule has 3 rings (SSSR count). The van der Waals surface area contributed by atoms with Crippen LogP contribution in [0, 0.1) is 0 Å². The van der Waals surface area contributed by atoms with Crippen molar-refractivity contribution in [3.05, 3.63) is 0 Å². The summed E-state index contributed by atoms with van der Waals surface area (Å²) in [6.07, 6.45) is 6.52. The van der Waals surface area contributed by atoms with Crippen molar-refractivity contribution in [3.63, 3.8) is 0 Å². The predicted molar refractivity (Wildman–Crippen MR) is 114 cm³/mol. The van der Waals surface area contributed by atoms with Gasteiger partial charge in [0.25, 0.3) is 0 Å². The van der Waals surface area contributed by atoms with Crippen molar-refractivity contribution < 1.29 is 4.74 Å². The molecule has 25 heavy (non-hydrogen) atoms. The maximum Gasteiger partial charge on any atom is 0.193 e. The van der Waals surface area contributed by atoms with Crippen molar-refractivity contribution in [1.29, 1.82) is 0 Å². The lowest BCUT2D eigenvalue weighted by Gasteiger charge is -2.38. The lowest BCUT2D eigenvalue weighted by atomic mass is 9.96. The number of nitrogens with one attached hydrogen (secondary N) is 1. The Labute approximate surface area is 170 Å². The van der Waals surface area contributed by atoms with Gasteiger partial charge in [0, 0.05) is 51.4 Å². The van der Waals surface area contributed by atoms with Gasteiger partial charge in [0.1, 0.15) is 0 Å². The normalized spacial score (nSPS) is 27.6. The molecule has 0 aromatic rings. The van der Waals surface area contributed by atoms with E-state index in [1.54, 1.807) is 0 Å². The van der Waals surface area contributed by atoms with E-state index in [2.05, 4.69) is 39.1 Å². The van der Waals surface area contributed by atoms with Gasteiger partial charge in [-0.2, -0.15) is 0 Å². The van der Waals surface area contributed by atoms with Crippen LogP contribution in [0.2, 0.25) is 0 Å². The minimum atomic E-state index is 0. The standard InChI is InChI=1S/C18H35N5O.HI/c1-19-17(20-15-18(21(2)3)7-4-5-8-18)23-9-6-16(14-23)22-10-12-24-13-11-22;/h16H,4-15H2,1-3H3,(H,19,20);1H. The zero-order valence-corrected chi connectivity index (χ0v) is 18.5. The Morgan fingerprint density at radius 2 is 1.88 bits per heavy atom. The second kappa shape index (κ2) is 9.71. The molecule has 146 valence electrons. The average Bonchev–Trinajstić information content (AvgIpc) is 3.27. The van der Waals surface area contributed by atoms with Crippen LogP contribution in [-0.4, -0.2) is 99.3 Å². The van der Waals surface area contributed by atoms with Crippen LogP contribution in [0.3, 0.4) is 0 Å². The summed E-state index contributed by atoms with van der Waals surface area (Å²) >= 11 is 0. The van der Waals surface area contributed by atoms with E-state index >= 15 is 0 Å². The third kappa shape index (κ3) is 4.99. The van der Waals surface area contributed by atoms with E-state index in [1.165, 1.54) is 32.1 Å². The maximum absolute atomic E-state index is 5.49. The van der Waals surface area contributed by atoms with Crippen molar-refractivity contribution >= 4 is 29.9 Å². The third-order valence-electron chi connectivity index (χ3n) is 6.30. The Morgan fingerprint density at radius 3 is 2.48 bits per heavy atom. The van der Waals surface area contributed by atoms with Gasteiger partial charge >= 0.3 is 0 Å². The molecule has 0 aromatic heterocycles. The molecule has 0 bridgehead atoms. The van der Waals surface area contributed by atoms with Gasteiger partial charge in [-0.1, -0.05) is 12.8 Å². The van der Waals surface area contributed by atoms with Gasteiger partial charge in [-0.25, -0.2) is 0 Å². The largest absolute Gasteiger partial charge is 0.379 e. The van der Waals surface area contributed by atoms with Gasteiger partial charge < -0.3 is 19.9 Å². The average molecular weight is 465 g/mol. The van der Waals surface area contributed by atoms with Crippen LogP contribution in [0.15, 0.2) is 4.99 Å². The Morgan fingerprint density at radius 1 is 1.20 bits per heavy atom. The number of rotatable bonds is 4. The molecule has 2 heterocycles. The fourth-order valence-corrected chi connectivity index (χ4v) is 4.57. The van der Waals surface area contributed by atoms with E-state index in [0.717, 1.165) is 51.9 Å². The van der Waals surface area contributed by atoms with Crippen LogP contribution in [0.1, 0.15) is 32.1 Å². The van der Waals surface area contributed by atoms with E-state index in [4.69, 9.17) is 4.74 Å². The van der Waals surface area contributed by atoms with E-state index < -0.39 is 0 Å². The van der Waals surface area contributed by atoms with Gasteiger partial charge in [0.2, 0.25) is 0 Å². The first-order chi connectivity index (χ1) is 11.6. The second-order valence-corrected chi connectivity index (χ2v) is 7.76. The maximum atomic E-state index is 5.49. The van der Waals surface area contributed by atoms with Crippen molar-refractivity contribution in [2.75, 3.05) is 67.1 Å². The number of hydrogen-bond acceptors (Lipinski definition) is 4. The number of ether oxygens (including phenoxy) is 1. The molecule has 2 aliphatic heterocycles. The minimum absolute atomic E-state index is 0. The lowest BCUT2D eigenvalue weighted by molar-refractivity contribution is 0.0194. The molecule has 0 aromatic carbocycles. The summed E-state index contributed by atoms with van der Waals surface area (Å²) in [7, 11) is 6.36. The third-order valence-corrected chi connectivity index (χ3v) is 6.30. The van der Waals surface area contributed by atoms with Gasteiger partial charge in [0.15, 0.2) is 5.96 Å². The quantitative estimate of drug-likeness (QED) is 0.387. The highest BCUT2D eigenvalue weighted by Gasteiger charge is 2.37. The molecule has 3 aliphatic rings. The summed E-state index contributed by atoms with van der Waals surface area (Å²) in [5, 5.41) is 3.69. The highest BCUT2D eigenvalue weighted by atomic mass is 127. The first-order valence-corrected chi connectivity index (χ1v) is 9.59. The SMILES string of the molecule is CN=C(NCC1(N(C)C)CCCC1)N1CCC(N2CCOCC2)C1.I. The number of likely N-dealkylation sites (N-methyl/N-ethyl adjacent to an activating group) is 1. The molecule has 1 atom stereocenters. The predicted octanol–water partition coefficient (Wildman–Crippen LogP) is 1.46. The van der Waals surface area contributed by atoms with Crippen LogP contribution >= 0.6 is 24.0 Å². The van der Waals surface area contributed by atoms with E-state index in [1.807, 2.05) is 7.05 Å². The van der Waals surface area contributed by atoms with Crippen LogP contribution in [0.25, 0.3) is 0 Å². The summed E-state index contributed by atoms with van der Waals surface area (Å²) in [6.45, 7) is 7.13. The van der Waals surface area contributed by atoms with E-state index in [-0.39, 0.29) is 24.0 Å². The molecule has 0 spiro atoms. The van der Waals surface area contributed by atoms with Crippen molar-refractivity contribution in [2.24, 2.45) is 4.99 Å². The lowest BCUT2D eigenvalue weighted by Crippen LogP contribution is -2.53. The first-order valence-electron chi connectivity index (χ1n) is 9.59. The molecular weight excluding hydrogens is 429 g/mol. The zero-order chi connectivity index (χ0) is 17.0. The summed E-state index contributed by atoms with van der Waals surface area (Å²) in [5.74, 6) is 1.08. The summed E-state index contributed by atoms with van der Waals surface area (Å²) < 4.78 is 5.49. The number of hydrogen-bond donors (Lipinski definition) is 1. The second-order valence-electron chi connectivity index (χ2n) is 7.76. The number of likely N-dealkylation sites (tertiary alicyclic amines) is 1. The summed E-state index contributed by atoms with van der Waals surface area (Å²) in [5.41, 5.74) is 0.305. The topological polar surface area (TPSA) is 43.3 Å². The molecule has 6 nitrogen and oxygen atoms in total. The monoisotopic (exact) mass is 465 g/mol. The Hall–Kier alpha value is -0.120. The molecule has 7 heteroatoms. The Kier molecular flexibility index (Phi) is 8.23. The summed E-state index contributed by atoms with van der Waals surface area (Å²) in [4.78, 5) is 12.0. The molecule has 1 unspecified atom stereocenters. The fraction of sp³-hybridized carbons (Fsp3) is 0.944. The van der Waals surface area contributed by atoms with Crippen molar-refractivity contribution in [2.45, 2.75) is 43.7 Å². The Balaban J connectivity index is 0.00000225. The molecule has 0 radical (unpaired) electrons. The van der Waals surface area contributed by atoms with Crippen LogP contribution < -0.4 is 5.32 Å². The van der Waals surface area contributed by atoms with Crippen LogP contribution in [0.4, 0.5) is 0 Å². The van der Waals surface area contributed by atoms with Gasteiger partial charge in [-0.3, -0.25) is 9.89 Å². The fourth-order valence-electron chi connectivity index (χ4n) is 4.57. The molecule has 1 aliphatic carbocycles. The van der Waals surface area contributed by atoms with E-state index in [9.17, 15) is 0 Å². The van der Waals surface area contributed by atoms with Gasteiger partial charge in [0.05, 0.1) is 13.2 Å². The van der Waals surface area contributed by atoms with Gasteiger partial charge in [-0.05, 0) is 33.4 Å². The molecular formula is C18H36IN5O. The van der Waals surface area contributed by atoms with Gasteiger partial charge in [-0.15, -0.1) is 24.0 Å². The number of aliphatic imine (C=N–C) groups is 1.